The molecule has 1 aliphatic heterocycles. The van der Waals surface area contributed by atoms with E-state index in [9.17, 15) is 4.79 Å². The quantitative estimate of drug-likeness (QED) is 0.862. The second kappa shape index (κ2) is 6.60. The van der Waals surface area contributed by atoms with E-state index in [-0.39, 0.29) is 5.91 Å². The van der Waals surface area contributed by atoms with Crippen LogP contribution >= 0.6 is 0 Å². The first kappa shape index (κ1) is 15.2. The lowest BCUT2D eigenvalue weighted by molar-refractivity contribution is -0.126. The van der Waals surface area contributed by atoms with Crippen LogP contribution in [0.3, 0.4) is 0 Å². The lowest BCUT2D eigenvalue weighted by atomic mass is 10.1. The smallest absolute Gasteiger partial charge is 0.268 e. The van der Waals surface area contributed by atoms with E-state index in [1.54, 1.807) is 17.0 Å². The van der Waals surface area contributed by atoms with E-state index < -0.39 is 6.10 Å². The van der Waals surface area contributed by atoms with Gasteiger partial charge in [-0.15, -0.1) is 0 Å². The zero-order chi connectivity index (χ0) is 16.2. The minimum atomic E-state index is -0.456. The average Bonchev–Trinajstić information content (AvgIpc) is 2.57. The molecule has 120 valence electrons. The Labute approximate surface area is 135 Å². The zero-order valence-corrected chi connectivity index (χ0v) is 13.1. The number of carbonyl (C=O) groups is 1. The van der Waals surface area contributed by atoms with Crippen LogP contribution in [-0.4, -0.2) is 25.2 Å². The summed E-state index contributed by atoms with van der Waals surface area (Å²) in [5, 5.41) is 0. The van der Waals surface area contributed by atoms with E-state index in [0.29, 0.717) is 36.7 Å². The van der Waals surface area contributed by atoms with Crippen molar-refractivity contribution < 1.29 is 14.3 Å². The molecule has 1 unspecified atom stereocenters. The van der Waals surface area contributed by atoms with Crippen molar-refractivity contribution >= 4 is 17.3 Å². The number of para-hydroxylation sites is 1. The first-order valence-electron chi connectivity index (χ1n) is 7.74. The van der Waals surface area contributed by atoms with Gasteiger partial charge < -0.3 is 20.1 Å². The van der Waals surface area contributed by atoms with Crippen molar-refractivity contribution in [1.82, 2.24) is 0 Å². The highest BCUT2D eigenvalue weighted by Crippen LogP contribution is 2.36. The highest BCUT2D eigenvalue weighted by molar-refractivity contribution is 6.00. The molecule has 0 spiro atoms. The summed E-state index contributed by atoms with van der Waals surface area (Å²) in [6.07, 6.45) is 0.168. The second-order valence-corrected chi connectivity index (χ2v) is 5.39. The number of hydrogen-bond acceptors (Lipinski definition) is 4. The summed E-state index contributed by atoms with van der Waals surface area (Å²) in [6, 6.07) is 14.9. The van der Waals surface area contributed by atoms with Gasteiger partial charge in [0.1, 0.15) is 18.1 Å². The van der Waals surface area contributed by atoms with Crippen molar-refractivity contribution in [2.24, 2.45) is 0 Å². The van der Waals surface area contributed by atoms with Gasteiger partial charge in [0.2, 0.25) is 0 Å². The molecule has 0 saturated carbocycles. The highest BCUT2D eigenvalue weighted by atomic mass is 16.5. The lowest BCUT2D eigenvalue weighted by Crippen LogP contribution is -2.47. The molecule has 0 aliphatic carbocycles. The van der Waals surface area contributed by atoms with Gasteiger partial charge in [0.15, 0.2) is 6.10 Å². The molecule has 2 aromatic rings. The third kappa shape index (κ3) is 3.23. The molecule has 23 heavy (non-hydrogen) atoms. The SMILES string of the molecule is CCC1Oc2ccc(N)cc2N(CCOc2ccccc2)C1=O. The van der Waals surface area contributed by atoms with E-state index >= 15 is 0 Å². The van der Waals surface area contributed by atoms with E-state index in [1.165, 1.54) is 0 Å². The van der Waals surface area contributed by atoms with Gasteiger partial charge in [-0.2, -0.15) is 0 Å². The zero-order valence-electron chi connectivity index (χ0n) is 13.1. The Kier molecular flexibility index (Phi) is 4.37. The minimum Gasteiger partial charge on any atom is -0.492 e. The average molecular weight is 312 g/mol. The highest BCUT2D eigenvalue weighted by Gasteiger charge is 2.33. The number of carbonyl (C=O) groups excluding carboxylic acids is 1. The number of rotatable bonds is 5. The molecule has 0 saturated heterocycles. The molecule has 1 amide bonds. The molecule has 0 aromatic heterocycles. The van der Waals surface area contributed by atoms with E-state index in [2.05, 4.69) is 0 Å². The Hall–Kier alpha value is -2.69. The molecular formula is C18H20N2O3. The molecule has 5 heteroatoms. The first-order valence-corrected chi connectivity index (χ1v) is 7.74. The number of nitrogens with two attached hydrogens (primary N) is 1. The summed E-state index contributed by atoms with van der Waals surface area (Å²) in [7, 11) is 0. The van der Waals surface area contributed by atoms with Crippen LogP contribution < -0.4 is 20.1 Å². The summed E-state index contributed by atoms with van der Waals surface area (Å²) >= 11 is 0. The minimum absolute atomic E-state index is 0.0535. The van der Waals surface area contributed by atoms with Crippen molar-refractivity contribution in [2.75, 3.05) is 23.8 Å². The van der Waals surface area contributed by atoms with Crippen LogP contribution in [0.25, 0.3) is 0 Å². The topological polar surface area (TPSA) is 64.8 Å². The van der Waals surface area contributed by atoms with Crippen molar-refractivity contribution in [3.8, 4) is 11.5 Å². The molecule has 1 heterocycles. The molecule has 0 fully saturated rings. The second-order valence-electron chi connectivity index (χ2n) is 5.39. The third-order valence-corrected chi connectivity index (χ3v) is 3.78. The molecule has 1 atom stereocenters. The summed E-state index contributed by atoms with van der Waals surface area (Å²) in [5.41, 5.74) is 7.16. The van der Waals surface area contributed by atoms with Gasteiger partial charge in [-0.1, -0.05) is 25.1 Å². The monoisotopic (exact) mass is 312 g/mol. The summed E-state index contributed by atoms with van der Waals surface area (Å²) < 4.78 is 11.5. The molecule has 0 radical (unpaired) electrons. The Morgan fingerprint density at radius 1 is 1.22 bits per heavy atom. The summed E-state index contributed by atoms with van der Waals surface area (Å²) in [6.45, 7) is 2.79. The molecule has 3 rings (SSSR count). The molecule has 1 aliphatic rings. The normalized spacial score (nSPS) is 16.7. The van der Waals surface area contributed by atoms with Gasteiger partial charge in [0, 0.05) is 5.69 Å². The van der Waals surface area contributed by atoms with Crippen LogP contribution in [0.4, 0.5) is 11.4 Å². The van der Waals surface area contributed by atoms with Crippen LogP contribution in [0.1, 0.15) is 13.3 Å². The number of nitrogen functional groups attached to an aromatic ring is 1. The van der Waals surface area contributed by atoms with Crippen LogP contribution in [-0.2, 0) is 4.79 Å². The number of ether oxygens (including phenoxy) is 2. The molecule has 2 N–H and O–H groups in total. The fourth-order valence-corrected chi connectivity index (χ4v) is 2.60. The Morgan fingerprint density at radius 3 is 2.74 bits per heavy atom. The largest absolute Gasteiger partial charge is 0.492 e. The maximum absolute atomic E-state index is 12.6. The van der Waals surface area contributed by atoms with E-state index in [1.807, 2.05) is 43.3 Å². The maximum Gasteiger partial charge on any atom is 0.268 e. The summed E-state index contributed by atoms with van der Waals surface area (Å²) in [4.78, 5) is 14.3. The summed E-state index contributed by atoms with van der Waals surface area (Å²) in [5.74, 6) is 1.42. The Bertz CT molecular complexity index is 688. The van der Waals surface area contributed by atoms with Gasteiger partial charge in [-0.3, -0.25) is 4.79 Å². The molecule has 5 nitrogen and oxygen atoms in total. The standard InChI is InChI=1S/C18H20N2O3/c1-2-16-18(21)20(10-11-22-14-6-4-3-5-7-14)15-12-13(19)8-9-17(15)23-16/h3-9,12,16H,2,10-11,19H2,1H3. The van der Waals surface area contributed by atoms with E-state index in [0.717, 1.165) is 5.75 Å². The predicted molar refractivity (Wildman–Crippen MR) is 89.9 cm³/mol. The predicted octanol–water partition coefficient (Wildman–Crippen LogP) is 2.85. The number of fused-ring (bicyclic) bond motifs is 1. The third-order valence-electron chi connectivity index (χ3n) is 3.78. The fraction of sp³-hybridized carbons (Fsp3) is 0.278. The molecular weight excluding hydrogens is 292 g/mol. The number of anilines is 2. The molecule has 0 bridgehead atoms. The Balaban J connectivity index is 1.76. The number of hydrogen-bond donors (Lipinski definition) is 1. The van der Waals surface area contributed by atoms with Crippen LogP contribution in [0.15, 0.2) is 48.5 Å². The van der Waals surface area contributed by atoms with Crippen molar-refractivity contribution in [3.63, 3.8) is 0 Å². The van der Waals surface area contributed by atoms with E-state index in [4.69, 9.17) is 15.2 Å². The van der Waals surface area contributed by atoms with Gasteiger partial charge in [0.05, 0.1) is 12.2 Å². The van der Waals surface area contributed by atoms with Gasteiger partial charge in [0.25, 0.3) is 5.91 Å². The number of benzene rings is 2. The lowest BCUT2D eigenvalue weighted by Gasteiger charge is -2.34. The van der Waals surface area contributed by atoms with Gasteiger partial charge >= 0.3 is 0 Å². The first-order chi connectivity index (χ1) is 11.2. The van der Waals surface area contributed by atoms with Crippen LogP contribution in [0.5, 0.6) is 11.5 Å². The van der Waals surface area contributed by atoms with Gasteiger partial charge in [-0.05, 0) is 36.8 Å². The van der Waals surface area contributed by atoms with Crippen molar-refractivity contribution in [2.45, 2.75) is 19.4 Å². The maximum atomic E-state index is 12.6. The number of nitrogens with zero attached hydrogens (tertiary/aromatic N) is 1. The van der Waals surface area contributed by atoms with Crippen LogP contribution in [0, 0.1) is 0 Å². The van der Waals surface area contributed by atoms with Gasteiger partial charge in [-0.25, -0.2) is 0 Å². The van der Waals surface area contributed by atoms with Crippen molar-refractivity contribution in [1.29, 1.82) is 0 Å². The fourth-order valence-electron chi connectivity index (χ4n) is 2.60. The Morgan fingerprint density at radius 2 is 2.00 bits per heavy atom. The van der Waals surface area contributed by atoms with Crippen molar-refractivity contribution in [3.05, 3.63) is 48.5 Å². The number of amides is 1. The molecule has 2 aromatic carbocycles. The van der Waals surface area contributed by atoms with Crippen LogP contribution in [0.2, 0.25) is 0 Å².